The van der Waals surface area contributed by atoms with Gasteiger partial charge in [0.15, 0.2) is 5.58 Å². The second-order valence-corrected chi connectivity index (χ2v) is 13.7. The third kappa shape index (κ3) is 5.53. The van der Waals surface area contributed by atoms with Gasteiger partial charge in [-0.2, -0.15) is 0 Å². The first-order chi connectivity index (χ1) is 26.8. The van der Waals surface area contributed by atoms with Crippen LogP contribution in [0.15, 0.2) is 217 Å². The molecule has 0 aliphatic rings. The molecule has 9 aromatic carbocycles. The monoisotopic (exact) mass is 689 g/mol. The number of furan rings is 1. The summed E-state index contributed by atoms with van der Waals surface area (Å²) >= 11 is 0. The Kier molecular flexibility index (Phi) is 7.85. The fourth-order valence-electron chi connectivity index (χ4n) is 7.95. The van der Waals surface area contributed by atoms with E-state index in [1.54, 1.807) is 0 Å². The lowest BCUT2D eigenvalue weighted by molar-refractivity contribution is 0.669. The van der Waals surface area contributed by atoms with Crippen molar-refractivity contribution in [3.05, 3.63) is 212 Å². The van der Waals surface area contributed by atoms with Crippen molar-refractivity contribution in [3.63, 3.8) is 0 Å². The maximum absolute atomic E-state index is 6.73. The third-order valence-corrected chi connectivity index (χ3v) is 10.5. The molecule has 254 valence electrons. The molecule has 0 unspecified atom stereocenters. The number of hydrogen-bond acceptors (Lipinski definition) is 2. The molecular weight excluding hydrogens is 655 g/mol. The van der Waals surface area contributed by atoms with Gasteiger partial charge in [0.25, 0.3) is 0 Å². The SMILES string of the molecule is c1ccc(-c2ccc(N(c3ccccc3-c3ccc4c(-c5ccccc5)cccc4c3)c3cccc4c3oc3ccccc34)cc2-c2ccccc2)cc1. The van der Waals surface area contributed by atoms with Gasteiger partial charge in [0, 0.05) is 22.0 Å². The first kappa shape index (κ1) is 31.6. The molecule has 0 fully saturated rings. The summed E-state index contributed by atoms with van der Waals surface area (Å²) in [5.74, 6) is 0. The molecule has 0 N–H and O–H groups in total. The van der Waals surface area contributed by atoms with E-state index in [0.717, 1.165) is 61.3 Å². The van der Waals surface area contributed by atoms with E-state index in [9.17, 15) is 0 Å². The number of anilines is 3. The quantitative estimate of drug-likeness (QED) is 0.166. The van der Waals surface area contributed by atoms with Crippen molar-refractivity contribution in [1.82, 2.24) is 0 Å². The number of nitrogens with zero attached hydrogens (tertiary/aromatic N) is 1. The lowest BCUT2D eigenvalue weighted by Gasteiger charge is -2.29. The molecule has 0 aliphatic carbocycles. The maximum Gasteiger partial charge on any atom is 0.159 e. The van der Waals surface area contributed by atoms with Crippen LogP contribution in [-0.2, 0) is 0 Å². The van der Waals surface area contributed by atoms with Crippen molar-refractivity contribution >= 4 is 49.8 Å². The molecule has 0 amide bonds. The number of fused-ring (bicyclic) bond motifs is 4. The highest BCUT2D eigenvalue weighted by Gasteiger charge is 2.23. The molecule has 0 saturated carbocycles. The molecule has 1 aromatic heterocycles. The molecule has 0 spiro atoms. The number of rotatable bonds is 7. The van der Waals surface area contributed by atoms with E-state index < -0.39 is 0 Å². The Bertz CT molecular complexity index is 2930. The Morgan fingerprint density at radius 3 is 1.69 bits per heavy atom. The van der Waals surface area contributed by atoms with Crippen molar-refractivity contribution in [2.24, 2.45) is 0 Å². The summed E-state index contributed by atoms with van der Waals surface area (Å²) in [4.78, 5) is 2.38. The highest BCUT2D eigenvalue weighted by molar-refractivity contribution is 6.11. The highest BCUT2D eigenvalue weighted by Crippen LogP contribution is 2.47. The highest BCUT2D eigenvalue weighted by atomic mass is 16.3. The van der Waals surface area contributed by atoms with E-state index in [4.69, 9.17) is 4.42 Å². The summed E-state index contributed by atoms with van der Waals surface area (Å²) in [6, 6.07) is 75.8. The van der Waals surface area contributed by atoms with Gasteiger partial charge in [-0.1, -0.05) is 176 Å². The van der Waals surface area contributed by atoms with Crippen LogP contribution in [0.1, 0.15) is 0 Å². The lowest BCUT2D eigenvalue weighted by atomic mass is 9.93. The Balaban J connectivity index is 1.22. The smallest absolute Gasteiger partial charge is 0.159 e. The molecule has 10 rings (SSSR count). The van der Waals surface area contributed by atoms with E-state index in [1.165, 1.54) is 33.0 Å². The van der Waals surface area contributed by atoms with Crippen LogP contribution in [0.2, 0.25) is 0 Å². The Morgan fingerprint density at radius 1 is 0.315 bits per heavy atom. The number of benzene rings is 9. The standard InChI is InChI=1S/C52H35NO/c1-4-16-36(17-5-1)42-25-14-22-39-34-40(30-32-44(39)42)45-23-10-12-27-49(45)53(50-28-15-26-47-46-24-11-13-29-51(46)54-52(47)50)41-31-33-43(37-18-6-2-7-19-37)48(35-41)38-20-8-3-9-21-38/h1-35H. The molecule has 1 heterocycles. The maximum atomic E-state index is 6.73. The molecule has 0 radical (unpaired) electrons. The summed E-state index contributed by atoms with van der Waals surface area (Å²) in [7, 11) is 0. The number of hydrogen-bond donors (Lipinski definition) is 0. The summed E-state index contributed by atoms with van der Waals surface area (Å²) in [6.45, 7) is 0. The topological polar surface area (TPSA) is 16.4 Å². The molecule has 0 bridgehead atoms. The molecule has 0 aliphatic heterocycles. The van der Waals surface area contributed by atoms with Crippen molar-refractivity contribution in [3.8, 4) is 44.5 Å². The van der Waals surface area contributed by atoms with Gasteiger partial charge >= 0.3 is 0 Å². The number of para-hydroxylation sites is 3. The average Bonchev–Trinajstić information content (AvgIpc) is 3.64. The van der Waals surface area contributed by atoms with Gasteiger partial charge < -0.3 is 9.32 Å². The molecule has 54 heavy (non-hydrogen) atoms. The first-order valence-electron chi connectivity index (χ1n) is 18.4. The summed E-state index contributed by atoms with van der Waals surface area (Å²) in [5, 5.41) is 4.63. The van der Waals surface area contributed by atoms with Crippen LogP contribution < -0.4 is 4.90 Å². The van der Waals surface area contributed by atoms with Crippen LogP contribution in [0.3, 0.4) is 0 Å². The van der Waals surface area contributed by atoms with Gasteiger partial charge in [-0.15, -0.1) is 0 Å². The van der Waals surface area contributed by atoms with Gasteiger partial charge in [-0.3, -0.25) is 0 Å². The van der Waals surface area contributed by atoms with Gasteiger partial charge in [0.1, 0.15) is 5.58 Å². The third-order valence-electron chi connectivity index (χ3n) is 10.5. The van der Waals surface area contributed by atoms with Gasteiger partial charge in [-0.05, 0) is 86.1 Å². The molecule has 0 saturated heterocycles. The fraction of sp³-hybridized carbons (Fsp3) is 0. The van der Waals surface area contributed by atoms with E-state index in [0.29, 0.717) is 0 Å². The van der Waals surface area contributed by atoms with Crippen LogP contribution in [0, 0.1) is 0 Å². The zero-order chi connectivity index (χ0) is 35.8. The minimum Gasteiger partial charge on any atom is -0.454 e. The van der Waals surface area contributed by atoms with E-state index >= 15 is 0 Å². The summed E-state index contributed by atoms with van der Waals surface area (Å²) < 4.78 is 6.73. The molecular formula is C52H35NO. The minimum absolute atomic E-state index is 0.855. The summed E-state index contributed by atoms with van der Waals surface area (Å²) in [6.07, 6.45) is 0. The first-order valence-corrected chi connectivity index (χ1v) is 18.4. The largest absolute Gasteiger partial charge is 0.454 e. The van der Waals surface area contributed by atoms with E-state index in [1.807, 2.05) is 6.07 Å². The van der Waals surface area contributed by atoms with Crippen LogP contribution in [0.4, 0.5) is 17.1 Å². The van der Waals surface area contributed by atoms with Gasteiger partial charge in [0.2, 0.25) is 0 Å². The molecule has 0 atom stereocenters. The van der Waals surface area contributed by atoms with Crippen LogP contribution in [-0.4, -0.2) is 0 Å². The van der Waals surface area contributed by atoms with Crippen molar-refractivity contribution in [2.45, 2.75) is 0 Å². The zero-order valence-electron chi connectivity index (χ0n) is 29.6. The second kappa shape index (κ2) is 13.4. The Labute approximate surface area is 314 Å². The Morgan fingerprint density at radius 2 is 0.907 bits per heavy atom. The van der Waals surface area contributed by atoms with E-state index in [2.05, 4.69) is 211 Å². The summed E-state index contributed by atoms with van der Waals surface area (Å²) in [5.41, 5.74) is 14.2. The van der Waals surface area contributed by atoms with Crippen LogP contribution in [0.25, 0.3) is 77.2 Å². The van der Waals surface area contributed by atoms with Gasteiger partial charge in [-0.25, -0.2) is 0 Å². The van der Waals surface area contributed by atoms with Gasteiger partial charge in [0.05, 0.1) is 11.4 Å². The fourth-order valence-corrected chi connectivity index (χ4v) is 7.95. The molecule has 2 heteroatoms. The normalized spacial score (nSPS) is 11.3. The second-order valence-electron chi connectivity index (χ2n) is 13.7. The van der Waals surface area contributed by atoms with E-state index in [-0.39, 0.29) is 0 Å². The molecule has 10 aromatic rings. The molecule has 2 nitrogen and oxygen atoms in total. The van der Waals surface area contributed by atoms with Crippen LogP contribution in [0.5, 0.6) is 0 Å². The van der Waals surface area contributed by atoms with Crippen LogP contribution >= 0.6 is 0 Å². The van der Waals surface area contributed by atoms with Crippen molar-refractivity contribution < 1.29 is 4.42 Å². The lowest BCUT2D eigenvalue weighted by Crippen LogP contribution is -2.12. The predicted octanol–water partition coefficient (Wildman–Crippen LogP) is 14.9. The minimum atomic E-state index is 0.855. The Hall–Kier alpha value is -7.16. The van der Waals surface area contributed by atoms with Crippen molar-refractivity contribution in [1.29, 1.82) is 0 Å². The zero-order valence-corrected chi connectivity index (χ0v) is 29.6. The average molecular weight is 690 g/mol. The van der Waals surface area contributed by atoms with Crippen molar-refractivity contribution in [2.75, 3.05) is 4.90 Å². The predicted molar refractivity (Wildman–Crippen MR) is 228 cm³/mol.